The highest BCUT2D eigenvalue weighted by Crippen LogP contribution is 1.81. The van der Waals surface area contributed by atoms with Gasteiger partial charge in [-0.3, -0.25) is 4.79 Å². The highest BCUT2D eigenvalue weighted by Gasteiger charge is 1.95. The standard InChI is InChI=1S/C7H16N2O.C2H6/c1-4-8(2)5-6-9(3)7-10;1-2/h7H,4-6H2,1-3H3;1-2H3. The van der Waals surface area contributed by atoms with Crippen molar-refractivity contribution < 1.29 is 4.79 Å². The van der Waals surface area contributed by atoms with E-state index in [2.05, 4.69) is 11.8 Å². The fraction of sp³-hybridized carbons (Fsp3) is 0.889. The first-order valence-corrected chi connectivity index (χ1v) is 4.54. The Bertz CT molecular complexity index is 96.5. The van der Waals surface area contributed by atoms with Crippen molar-refractivity contribution in [3.05, 3.63) is 0 Å². The topological polar surface area (TPSA) is 23.6 Å². The predicted molar refractivity (Wildman–Crippen MR) is 53.2 cm³/mol. The third-order valence-electron chi connectivity index (χ3n) is 1.55. The Kier molecular flexibility index (Phi) is 12.2. The number of rotatable bonds is 5. The van der Waals surface area contributed by atoms with Gasteiger partial charge in [-0.2, -0.15) is 0 Å². The van der Waals surface area contributed by atoms with Gasteiger partial charge in [0.2, 0.25) is 6.41 Å². The number of amides is 1. The van der Waals surface area contributed by atoms with Crippen molar-refractivity contribution in [1.82, 2.24) is 9.80 Å². The first-order valence-electron chi connectivity index (χ1n) is 4.54. The van der Waals surface area contributed by atoms with E-state index in [1.54, 1.807) is 11.9 Å². The lowest BCUT2D eigenvalue weighted by Gasteiger charge is -2.16. The highest BCUT2D eigenvalue weighted by molar-refractivity contribution is 5.46. The van der Waals surface area contributed by atoms with Crippen LogP contribution in [-0.4, -0.2) is 49.9 Å². The number of nitrogens with zero attached hydrogens (tertiary/aromatic N) is 2. The molecule has 0 radical (unpaired) electrons. The molecule has 0 atom stereocenters. The molecule has 0 fully saturated rings. The molecule has 0 N–H and O–H groups in total. The maximum atomic E-state index is 10.1. The van der Waals surface area contributed by atoms with Gasteiger partial charge in [0, 0.05) is 20.1 Å². The first-order chi connectivity index (χ1) is 5.70. The van der Waals surface area contributed by atoms with Gasteiger partial charge in [0.05, 0.1) is 0 Å². The second-order valence-electron chi connectivity index (χ2n) is 2.48. The Labute approximate surface area is 76.3 Å². The molecule has 1 amide bonds. The van der Waals surface area contributed by atoms with E-state index in [4.69, 9.17) is 0 Å². The second-order valence-corrected chi connectivity index (χ2v) is 2.48. The fourth-order valence-corrected chi connectivity index (χ4v) is 0.539. The summed E-state index contributed by atoms with van der Waals surface area (Å²) in [6, 6.07) is 0. The maximum absolute atomic E-state index is 10.1. The van der Waals surface area contributed by atoms with Gasteiger partial charge in [-0.1, -0.05) is 20.8 Å². The van der Waals surface area contributed by atoms with Crippen LogP contribution in [0.2, 0.25) is 0 Å². The van der Waals surface area contributed by atoms with E-state index in [9.17, 15) is 4.79 Å². The van der Waals surface area contributed by atoms with E-state index in [0.29, 0.717) is 0 Å². The third kappa shape index (κ3) is 9.43. The molecule has 0 aliphatic carbocycles. The monoisotopic (exact) mass is 174 g/mol. The summed E-state index contributed by atoms with van der Waals surface area (Å²) in [5.41, 5.74) is 0. The molecule has 0 aliphatic heterocycles. The van der Waals surface area contributed by atoms with Gasteiger partial charge in [0.25, 0.3) is 0 Å². The smallest absolute Gasteiger partial charge is 0.209 e. The lowest BCUT2D eigenvalue weighted by Crippen LogP contribution is -2.29. The van der Waals surface area contributed by atoms with Gasteiger partial charge < -0.3 is 9.80 Å². The van der Waals surface area contributed by atoms with E-state index in [0.717, 1.165) is 26.0 Å². The summed E-state index contributed by atoms with van der Waals surface area (Å²) in [7, 11) is 3.83. The molecule has 0 aromatic rings. The average molecular weight is 174 g/mol. The van der Waals surface area contributed by atoms with Crippen LogP contribution < -0.4 is 0 Å². The van der Waals surface area contributed by atoms with Crippen molar-refractivity contribution in [3.8, 4) is 0 Å². The van der Waals surface area contributed by atoms with Gasteiger partial charge in [0.15, 0.2) is 0 Å². The SMILES string of the molecule is CC.CCN(C)CCN(C)C=O. The van der Waals surface area contributed by atoms with Crippen molar-refractivity contribution in [2.24, 2.45) is 0 Å². The largest absolute Gasteiger partial charge is 0.347 e. The lowest BCUT2D eigenvalue weighted by molar-refractivity contribution is -0.117. The molecule has 0 aromatic carbocycles. The second kappa shape index (κ2) is 10.4. The molecular formula is C9H22N2O. The summed E-state index contributed by atoms with van der Waals surface area (Å²) >= 11 is 0. The van der Waals surface area contributed by atoms with Crippen LogP contribution in [0.15, 0.2) is 0 Å². The summed E-state index contributed by atoms with van der Waals surface area (Å²) in [4.78, 5) is 13.9. The number of hydrogen-bond acceptors (Lipinski definition) is 2. The Hall–Kier alpha value is -0.570. The summed E-state index contributed by atoms with van der Waals surface area (Å²) in [5, 5.41) is 0. The Balaban J connectivity index is 0. The van der Waals surface area contributed by atoms with Crippen LogP contribution in [0.4, 0.5) is 0 Å². The average Bonchev–Trinajstić information content (AvgIpc) is 2.16. The molecule has 12 heavy (non-hydrogen) atoms. The van der Waals surface area contributed by atoms with Crippen molar-refractivity contribution in [2.75, 3.05) is 33.7 Å². The van der Waals surface area contributed by atoms with Crippen LogP contribution in [0.3, 0.4) is 0 Å². The molecule has 0 aliphatic rings. The summed E-state index contributed by atoms with van der Waals surface area (Å²) < 4.78 is 0. The highest BCUT2D eigenvalue weighted by atomic mass is 16.1. The number of likely N-dealkylation sites (N-methyl/N-ethyl adjacent to an activating group) is 2. The van der Waals surface area contributed by atoms with Crippen LogP contribution in [0.5, 0.6) is 0 Å². The van der Waals surface area contributed by atoms with E-state index >= 15 is 0 Å². The molecule has 0 unspecified atom stereocenters. The van der Waals surface area contributed by atoms with Crippen LogP contribution in [0.1, 0.15) is 20.8 Å². The summed E-state index contributed by atoms with van der Waals surface area (Å²) in [5.74, 6) is 0. The molecule has 74 valence electrons. The molecule has 0 saturated heterocycles. The Morgan fingerprint density at radius 2 is 1.67 bits per heavy atom. The molecular weight excluding hydrogens is 152 g/mol. The van der Waals surface area contributed by atoms with Crippen molar-refractivity contribution in [1.29, 1.82) is 0 Å². The van der Waals surface area contributed by atoms with E-state index in [1.807, 2.05) is 20.9 Å². The van der Waals surface area contributed by atoms with Gasteiger partial charge in [-0.15, -0.1) is 0 Å². The molecule has 0 bridgehead atoms. The minimum Gasteiger partial charge on any atom is -0.347 e. The Morgan fingerprint density at radius 1 is 1.17 bits per heavy atom. The molecule has 3 nitrogen and oxygen atoms in total. The van der Waals surface area contributed by atoms with Gasteiger partial charge in [0.1, 0.15) is 0 Å². The van der Waals surface area contributed by atoms with Crippen LogP contribution in [-0.2, 0) is 4.79 Å². The van der Waals surface area contributed by atoms with Crippen LogP contribution in [0.25, 0.3) is 0 Å². The van der Waals surface area contributed by atoms with Gasteiger partial charge >= 0.3 is 0 Å². The van der Waals surface area contributed by atoms with Crippen molar-refractivity contribution in [2.45, 2.75) is 20.8 Å². The number of hydrogen-bond donors (Lipinski definition) is 0. The maximum Gasteiger partial charge on any atom is 0.209 e. The predicted octanol–water partition coefficient (Wildman–Crippen LogP) is 1.05. The van der Waals surface area contributed by atoms with Gasteiger partial charge in [-0.05, 0) is 13.6 Å². The van der Waals surface area contributed by atoms with Crippen LogP contribution >= 0.6 is 0 Å². The molecule has 0 saturated carbocycles. The zero-order chi connectivity index (χ0) is 9.98. The third-order valence-corrected chi connectivity index (χ3v) is 1.55. The minimum absolute atomic E-state index is 0.813. The molecule has 0 rings (SSSR count). The minimum atomic E-state index is 0.813. The first kappa shape index (κ1) is 14.0. The van der Waals surface area contributed by atoms with E-state index < -0.39 is 0 Å². The fourth-order valence-electron chi connectivity index (χ4n) is 0.539. The summed E-state index contributed by atoms with van der Waals surface area (Å²) in [6.45, 7) is 8.90. The molecule has 0 heterocycles. The number of carbonyl (C=O) groups excluding carboxylic acids is 1. The Morgan fingerprint density at radius 3 is 2.00 bits per heavy atom. The molecule has 0 spiro atoms. The van der Waals surface area contributed by atoms with E-state index in [-0.39, 0.29) is 0 Å². The quantitative estimate of drug-likeness (QED) is 0.582. The van der Waals surface area contributed by atoms with Crippen LogP contribution in [0, 0.1) is 0 Å². The molecule has 0 aromatic heterocycles. The van der Waals surface area contributed by atoms with E-state index in [1.165, 1.54) is 0 Å². The summed E-state index contributed by atoms with van der Waals surface area (Å²) in [6.07, 6.45) is 0.851. The van der Waals surface area contributed by atoms with Crippen molar-refractivity contribution in [3.63, 3.8) is 0 Å². The normalized spacial score (nSPS) is 8.83. The number of carbonyl (C=O) groups is 1. The zero-order valence-corrected chi connectivity index (χ0v) is 9.00. The lowest BCUT2D eigenvalue weighted by atomic mass is 10.5. The zero-order valence-electron chi connectivity index (χ0n) is 9.00. The van der Waals surface area contributed by atoms with Gasteiger partial charge in [-0.25, -0.2) is 0 Å². The molecule has 3 heteroatoms. The van der Waals surface area contributed by atoms with Crippen molar-refractivity contribution >= 4 is 6.41 Å².